The lowest BCUT2D eigenvalue weighted by molar-refractivity contribution is -0.139. The van der Waals surface area contributed by atoms with Crippen LogP contribution in [0.5, 0.6) is 0 Å². The smallest absolute Gasteiger partial charge is 0.326 e. The third kappa shape index (κ3) is 4.66. The van der Waals surface area contributed by atoms with Crippen LogP contribution in [0.15, 0.2) is 42.7 Å². The Kier molecular flexibility index (Phi) is 6.53. The third-order valence-corrected chi connectivity index (χ3v) is 6.33. The molecule has 2 aromatic rings. The molecule has 1 aliphatic heterocycles. The summed E-state index contributed by atoms with van der Waals surface area (Å²) in [4.78, 5) is 32.4. The molecule has 0 aromatic carbocycles. The van der Waals surface area contributed by atoms with E-state index in [1.165, 1.54) is 25.0 Å². The van der Waals surface area contributed by atoms with Crippen molar-refractivity contribution in [1.82, 2.24) is 15.3 Å². The number of halogens is 2. The molecule has 3 N–H and O–H groups in total. The van der Waals surface area contributed by atoms with Gasteiger partial charge in [-0.3, -0.25) is 14.8 Å². The molecule has 1 atom stereocenters. The summed E-state index contributed by atoms with van der Waals surface area (Å²) in [7, 11) is 0. The summed E-state index contributed by atoms with van der Waals surface area (Å²) in [5.74, 6) is -1.46. The number of carbonyl (C=O) groups excluding carboxylic acids is 1. The van der Waals surface area contributed by atoms with Crippen LogP contribution in [0.25, 0.3) is 0 Å². The van der Waals surface area contributed by atoms with E-state index >= 15 is 0 Å². The van der Waals surface area contributed by atoms with E-state index in [2.05, 4.69) is 20.6 Å². The zero-order valence-corrected chi connectivity index (χ0v) is 18.6. The molecule has 10 heteroatoms. The van der Waals surface area contributed by atoms with Crippen LogP contribution in [0.4, 0.5) is 5.69 Å². The number of hydrogen-bond acceptors (Lipinski definition) is 6. The van der Waals surface area contributed by atoms with Crippen molar-refractivity contribution in [3.05, 3.63) is 64.0 Å². The summed E-state index contributed by atoms with van der Waals surface area (Å²) >= 11 is 12.0. The van der Waals surface area contributed by atoms with E-state index in [0.29, 0.717) is 11.4 Å². The molecular formula is C22H22Cl2N4O4. The lowest BCUT2D eigenvalue weighted by Crippen LogP contribution is -2.52. The van der Waals surface area contributed by atoms with E-state index in [-0.39, 0.29) is 27.6 Å². The molecular weight excluding hydrogens is 455 g/mol. The SMILES string of the molecule is O=C(Nc1ccc(C[C@H](NC2=COC23CCCCC3)C(=O)O)nc1)c1c(Cl)cncc1Cl. The molecule has 1 spiro atoms. The molecule has 2 aromatic heterocycles. The number of aromatic nitrogens is 2. The second-order valence-corrected chi connectivity index (χ2v) is 8.73. The number of pyridine rings is 2. The summed E-state index contributed by atoms with van der Waals surface area (Å²) in [6.45, 7) is 0. The number of ether oxygens (including phenoxy) is 1. The number of carboxylic acid groups (broad SMARTS) is 1. The Morgan fingerprint density at radius 3 is 2.41 bits per heavy atom. The van der Waals surface area contributed by atoms with Crippen LogP contribution in [-0.2, 0) is 16.0 Å². The van der Waals surface area contributed by atoms with Gasteiger partial charge in [-0.2, -0.15) is 0 Å². The van der Waals surface area contributed by atoms with E-state index in [1.807, 2.05) is 0 Å². The van der Waals surface area contributed by atoms with Crippen LogP contribution in [0, 0.1) is 0 Å². The maximum atomic E-state index is 12.5. The molecule has 0 unspecified atom stereocenters. The molecule has 1 saturated carbocycles. The number of nitrogens with zero attached hydrogens (tertiary/aromatic N) is 2. The maximum Gasteiger partial charge on any atom is 0.326 e. The fraction of sp³-hybridized carbons (Fsp3) is 0.364. The van der Waals surface area contributed by atoms with Crippen molar-refractivity contribution in [2.45, 2.75) is 50.2 Å². The van der Waals surface area contributed by atoms with Gasteiger partial charge in [0, 0.05) is 24.5 Å². The van der Waals surface area contributed by atoms with Crippen molar-refractivity contribution < 1.29 is 19.4 Å². The molecule has 32 heavy (non-hydrogen) atoms. The second kappa shape index (κ2) is 9.34. The number of carboxylic acids is 1. The summed E-state index contributed by atoms with van der Waals surface area (Å²) in [6, 6.07) is 2.48. The van der Waals surface area contributed by atoms with E-state index in [1.54, 1.807) is 18.4 Å². The zero-order valence-electron chi connectivity index (χ0n) is 17.1. The molecule has 3 heterocycles. The highest BCUT2D eigenvalue weighted by molar-refractivity contribution is 6.40. The predicted molar refractivity (Wildman–Crippen MR) is 120 cm³/mol. The first kappa shape index (κ1) is 22.4. The number of rotatable bonds is 7. The average Bonchev–Trinajstić information content (AvgIpc) is 2.77. The molecule has 0 radical (unpaired) electrons. The molecule has 0 saturated heterocycles. The van der Waals surface area contributed by atoms with Crippen molar-refractivity contribution in [2.75, 3.05) is 5.32 Å². The van der Waals surface area contributed by atoms with Crippen molar-refractivity contribution >= 4 is 40.8 Å². The lowest BCUT2D eigenvalue weighted by atomic mass is 9.80. The van der Waals surface area contributed by atoms with Gasteiger partial charge < -0.3 is 20.5 Å². The van der Waals surface area contributed by atoms with Crippen LogP contribution in [0.1, 0.15) is 48.2 Å². The van der Waals surface area contributed by atoms with Crippen LogP contribution in [-0.4, -0.2) is 38.6 Å². The second-order valence-electron chi connectivity index (χ2n) is 7.91. The molecule has 1 aliphatic carbocycles. The monoisotopic (exact) mass is 476 g/mol. The fourth-order valence-corrected chi connectivity index (χ4v) is 4.53. The minimum atomic E-state index is -0.968. The van der Waals surface area contributed by atoms with Crippen molar-refractivity contribution in [2.24, 2.45) is 0 Å². The van der Waals surface area contributed by atoms with Crippen molar-refractivity contribution in [3.63, 3.8) is 0 Å². The van der Waals surface area contributed by atoms with Crippen molar-refractivity contribution in [1.29, 1.82) is 0 Å². The van der Waals surface area contributed by atoms with E-state index in [4.69, 9.17) is 27.9 Å². The Labute approximate surface area is 195 Å². The molecule has 1 fully saturated rings. The maximum absolute atomic E-state index is 12.5. The number of amides is 1. The van der Waals surface area contributed by atoms with E-state index in [0.717, 1.165) is 31.4 Å². The molecule has 2 aliphatic rings. The molecule has 4 rings (SSSR count). The third-order valence-electron chi connectivity index (χ3n) is 5.76. The number of anilines is 1. The first-order chi connectivity index (χ1) is 15.4. The zero-order chi connectivity index (χ0) is 22.7. The number of hydrogen-bond donors (Lipinski definition) is 3. The topological polar surface area (TPSA) is 113 Å². The summed E-state index contributed by atoms with van der Waals surface area (Å²) < 4.78 is 5.71. The van der Waals surface area contributed by atoms with Crippen LogP contribution in [0.3, 0.4) is 0 Å². The minimum absolute atomic E-state index is 0.121. The summed E-state index contributed by atoms with van der Waals surface area (Å²) in [6.07, 6.45) is 11.0. The Balaban J connectivity index is 1.39. The van der Waals surface area contributed by atoms with Gasteiger partial charge in [0.15, 0.2) is 5.60 Å². The fourth-order valence-electron chi connectivity index (χ4n) is 4.00. The molecule has 168 valence electrons. The number of carbonyl (C=O) groups is 2. The summed E-state index contributed by atoms with van der Waals surface area (Å²) in [5, 5.41) is 15.8. The molecule has 0 bridgehead atoms. The Morgan fingerprint density at radius 1 is 1.12 bits per heavy atom. The molecule has 1 amide bonds. The van der Waals surface area contributed by atoms with Crippen LogP contribution in [0.2, 0.25) is 10.0 Å². The molecule has 8 nitrogen and oxygen atoms in total. The number of aliphatic carboxylic acids is 1. The number of nitrogens with one attached hydrogen (secondary N) is 2. The van der Waals surface area contributed by atoms with Gasteiger partial charge in [-0.05, 0) is 37.8 Å². The normalized spacial score (nSPS) is 17.5. The quantitative estimate of drug-likeness (QED) is 0.548. The summed E-state index contributed by atoms with van der Waals surface area (Å²) in [5.41, 5.74) is 1.61. The van der Waals surface area contributed by atoms with Gasteiger partial charge in [-0.25, -0.2) is 4.79 Å². The van der Waals surface area contributed by atoms with Crippen LogP contribution < -0.4 is 10.6 Å². The highest BCUT2D eigenvalue weighted by Crippen LogP contribution is 2.42. The van der Waals surface area contributed by atoms with Gasteiger partial charge in [0.1, 0.15) is 12.3 Å². The predicted octanol–water partition coefficient (Wildman–Crippen LogP) is 4.20. The van der Waals surface area contributed by atoms with Gasteiger partial charge in [0.2, 0.25) is 0 Å². The van der Waals surface area contributed by atoms with Gasteiger partial charge in [-0.1, -0.05) is 29.6 Å². The Hall–Kier alpha value is -2.84. The van der Waals surface area contributed by atoms with E-state index < -0.39 is 17.9 Å². The van der Waals surface area contributed by atoms with Crippen molar-refractivity contribution in [3.8, 4) is 0 Å². The average molecular weight is 477 g/mol. The standard InChI is InChI=1S/C22H22Cl2N4O4/c23-15-10-25-11-16(24)19(15)20(29)27-14-5-4-13(26-9-14)8-17(21(30)31)28-18-12-32-22(18)6-2-1-3-7-22/h4-5,9-12,17,28H,1-3,6-8H2,(H,27,29)(H,30,31)/t17-/m0/s1. The van der Waals surface area contributed by atoms with Gasteiger partial charge >= 0.3 is 5.97 Å². The highest BCUT2D eigenvalue weighted by Gasteiger charge is 2.44. The first-order valence-electron chi connectivity index (χ1n) is 10.3. The first-order valence-corrected chi connectivity index (χ1v) is 11.1. The highest BCUT2D eigenvalue weighted by atomic mass is 35.5. The van der Waals surface area contributed by atoms with Gasteiger partial charge in [0.05, 0.1) is 33.2 Å². The Morgan fingerprint density at radius 2 is 1.84 bits per heavy atom. The minimum Gasteiger partial charge on any atom is -0.487 e. The van der Waals surface area contributed by atoms with Gasteiger partial charge in [0.25, 0.3) is 5.91 Å². The lowest BCUT2D eigenvalue weighted by Gasteiger charge is -2.45. The van der Waals surface area contributed by atoms with Crippen LogP contribution >= 0.6 is 23.2 Å². The largest absolute Gasteiger partial charge is 0.487 e. The Bertz CT molecular complexity index is 1030. The van der Waals surface area contributed by atoms with Gasteiger partial charge in [-0.15, -0.1) is 0 Å². The van der Waals surface area contributed by atoms with E-state index in [9.17, 15) is 14.7 Å².